The molecular weight excluding hydrogens is 182 g/mol. The lowest BCUT2D eigenvalue weighted by molar-refractivity contribution is 0.162. The average molecular weight is 211 g/mol. The highest BCUT2D eigenvalue weighted by Gasteiger charge is 2.29. The normalized spacial score (nSPS) is 34.0. The third kappa shape index (κ3) is 3.79. The number of rotatable bonds is 5. The van der Waals surface area contributed by atoms with Crippen LogP contribution in [0.5, 0.6) is 0 Å². The van der Waals surface area contributed by atoms with Crippen LogP contribution in [0, 0.1) is 17.8 Å². The van der Waals surface area contributed by atoms with E-state index in [1.165, 1.54) is 32.1 Å². The van der Waals surface area contributed by atoms with Gasteiger partial charge >= 0.3 is 0 Å². The van der Waals surface area contributed by atoms with Crippen molar-refractivity contribution < 1.29 is 0 Å². The highest BCUT2D eigenvalue weighted by molar-refractivity contribution is 4.84. The Morgan fingerprint density at radius 3 is 2.40 bits per heavy atom. The zero-order valence-corrected chi connectivity index (χ0v) is 11.1. The summed E-state index contributed by atoms with van der Waals surface area (Å²) in [6.45, 7) is 10.5. The second-order valence-corrected chi connectivity index (χ2v) is 5.38. The van der Waals surface area contributed by atoms with E-state index in [-0.39, 0.29) is 0 Å². The minimum absolute atomic E-state index is 0.799. The molecule has 1 nitrogen and oxygen atoms in total. The molecule has 0 heterocycles. The van der Waals surface area contributed by atoms with E-state index in [9.17, 15) is 0 Å². The summed E-state index contributed by atoms with van der Waals surface area (Å²) in [6, 6.07) is 0.799. The SMILES string of the molecule is CCNC1CC(CC)CC(C(C)CC)C1. The molecule has 1 N–H and O–H groups in total. The molecule has 0 amide bonds. The molecule has 1 fully saturated rings. The molecule has 1 rings (SSSR count). The molecule has 0 bridgehead atoms. The minimum atomic E-state index is 0.799. The number of hydrogen-bond acceptors (Lipinski definition) is 1. The van der Waals surface area contributed by atoms with Crippen molar-refractivity contribution in [2.45, 2.75) is 65.8 Å². The van der Waals surface area contributed by atoms with E-state index in [1.807, 2.05) is 0 Å². The van der Waals surface area contributed by atoms with Crippen molar-refractivity contribution >= 4 is 0 Å². The molecule has 1 aliphatic carbocycles. The highest BCUT2D eigenvalue weighted by atomic mass is 14.9. The lowest BCUT2D eigenvalue weighted by atomic mass is 9.72. The summed E-state index contributed by atoms with van der Waals surface area (Å²) in [5, 5.41) is 3.66. The van der Waals surface area contributed by atoms with Crippen molar-refractivity contribution in [2.75, 3.05) is 6.54 Å². The van der Waals surface area contributed by atoms with E-state index >= 15 is 0 Å². The Bertz CT molecular complexity index is 167. The van der Waals surface area contributed by atoms with Crippen LogP contribution >= 0.6 is 0 Å². The summed E-state index contributed by atoms with van der Waals surface area (Å²) in [7, 11) is 0. The molecule has 0 aromatic heterocycles. The van der Waals surface area contributed by atoms with E-state index in [4.69, 9.17) is 0 Å². The average Bonchev–Trinajstić information content (AvgIpc) is 2.28. The fourth-order valence-electron chi connectivity index (χ4n) is 3.07. The van der Waals surface area contributed by atoms with E-state index < -0.39 is 0 Å². The fraction of sp³-hybridized carbons (Fsp3) is 1.00. The Morgan fingerprint density at radius 1 is 1.13 bits per heavy atom. The third-order valence-corrected chi connectivity index (χ3v) is 4.36. The van der Waals surface area contributed by atoms with Crippen molar-refractivity contribution in [1.29, 1.82) is 0 Å². The second-order valence-electron chi connectivity index (χ2n) is 5.38. The van der Waals surface area contributed by atoms with Crippen molar-refractivity contribution in [2.24, 2.45) is 17.8 Å². The Morgan fingerprint density at radius 2 is 1.87 bits per heavy atom. The van der Waals surface area contributed by atoms with Crippen LogP contribution in [0.15, 0.2) is 0 Å². The van der Waals surface area contributed by atoms with Gasteiger partial charge in [0.05, 0.1) is 0 Å². The molecule has 4 unspecified atom stereocenters. The zero-order chi connectivity index (χ0) is 11.3. The first kappa shape index (κ1) is 13.0. The molecule has 0 spiro atoms. The van der Waals surface area contributed by atoms with Gasteiger partial charge in [0.15, 0.2) is 0 Å². The summed E-state index contributed by atoms with van der Waals surface area (Å²) in [5.41, 5.74) is 0. The second kappa shape index (κ2) is 6.52. The van der Waals surface area contributed by atoms with Crippen LogP contribution in [-0.4, -0.2) is 12.6 Å². The molecule has 0 radical (unpaired) electrons. The molecule has 1 aliphatic rings. The molecule has 90 valence electrons. The highest BCUT2D eigenvalue weighted by Crippen LogP contribution is 2.36. The summed E-state index contributed by atoms with van der Waals surface area (Å²) >= 11 is 0. The maximum atomic E-state index is 3.66. The Hall–Kier alpha value is -0.0400. The number of hydrogen-bond donors (Lipinski definition) is 1. The lowest BCUT2D eigenvalue weighted by Crippen LogP contribution is -2.38. The fourth-order valence-corrected chi connectivity index (χ4v) is 3.07. The first-order chi connectivity index (χ1) is 7.21. The zero-order valence-electron chi connectivity index (χ0n) is 11.1. The van der Waals surface area contributed by atoms with Gasteiger partial charge in [0, 0.05) is 6.04 Å². The first-order valence-electron chi connectivity index (χ1n) is 6.94. The quantitative estimate of drug-likeness (QED) is 0.728. The van der Waals surface area contributed by atoms with Crippen molar-refractivity contribution in [3.63, 3.8) is 0 Å². The maximum Gasteiger partial charge on any atom is 0.00723 e. The van der Waals surface area contributed by atoms with Crippen LogP contribution < -0.4 is 5.32 Å². The van der Waals surface area contributed by atoms with E-state index in [2.05, 4.69) is 33.0 Å². The van der Waals surface area contributed by atoms with Crippen LogP contribution in [0.4, 0.5) is 0 Å². The van der Waals surface area contributed by atoms with Crippen LogP contribution in [0.2, 0.25) is 0 Å². The van der Waals surface area contributed by atoms with Gasteiger partial charge in [-0.15, -0.1) is 0 Å². The summed E-state index contributed by atoms with van der Waals surface area (Å²) in [5.74, 6) is 2.86. The predicted octanol–water partition coefficient (Wildman–Crippen LogP) is 3.84. The molecule has 0 aromatic rings. The van der Waals surface area contributed by atoms with Gasteiger partial charge in [-0.05, 0) is 43.6 Å². The van der Waals surface area contributed by atoms with Crippen LogP contribution in [0.25, 0.3) is 0 Å². The molecule has 0 saturated heterocycles. The monoisotopic (exact) mass is 211 g/mol. The van der Waals surface area contributed by atoms with Crippen LogP contribution in [-0.2, 0) is 0 Å². The maximum absolute atomic E-state index is 3.66. The topological polar surface area (TPSA) is 12.0 Å². The molecule has 1 saturated carbocycles. The van der Waals surface area contributed by atoms with Crippen LogP contribution in [0.1, 0.15) is 59.8 Å². The first-order valence-corrected chi connectivity index (χ1v) is 6.94. The summed E-state index contributed by atoms with van der Waals surface area (Å²) in [4.78, 5) is 0. The minimum Gasteiger partial charge on any atom is -0.314 e. The van der Waals surface area contributed by atoms with Gasteiger partial charge < -0.3 is 5.32 Å². The largest absolute Gasteiger partial charge is 0.314 e. The predicted molar refractivity (Wildman–Crippen MR) is 68.0 cm³/mol. The molecule has 15 heavy (non-hydrogen) atoms. The van der Waals surface area contributed by atoms with Gasteiger partial charge in [-0.1, -0.05) is 40.5 Å². The Kier molecular flexibility index (Phi) is 5.66. The molecular formula is C14H29N. The summed E-state index contributed by atoms with van der Waals surface area (Å²) in [6.07, 6.45) is 7.03. The van der Waals surface area contributed by atoms with Gasteiger partial charge in [0.2, 0.25) is 0 Å². The van der Waals surface area contributed by atoms with E-state index in [1.54, 1.807) is 0 Å². The van der Waals surface area contributed by atoms with Crippen molar-refractivity contribution in [3.8, 4) is 0 Å². The van der Waals surface area contributed by atoms with Gasteiger partial charge in [0.1, 0.15) is 0 Å². The smallest absolute Gasteiger partial charge is 0.00723 e. The lowest BCUT2D eigenvalue weighted by Gasteiger charge is -2.37. The summed E-state index contributed by atoms with van der Waals surface area (Å²) < 4.78 is 0. The molecule has 0 aliphatic heterocycles. The van der Waals surface area contributed by atoms with Crippen LogP contribution in [0.3, 0.4) is 0 Å². The molecule has 1 heteroatoms. The van der Waals surface area contributed by atoms with E-state index in [0.29, 0.717) is 0 Å². The van der Waals surface area contributed by atoms with Crippen molar-refractivity contribution in [1.82, 2.24) is 5.32 Å². The Balaban J connectivity index is 2.50. The molecule has 0 aromatic carbocycles. The third-order valence-electron chi connectivity index (χ3n) is 4.36. The number of nitrogens with one attached hydrogen (secondary N) is 1. The van der Waals surface area contributed by atoms with Gasteiger partial charge in [-0.25, -0.2) is 0 Å². The molecule has 4 atom stereocenters. The van der Waals surface area contributed by atoms with Gasteiger partial charge in [-0.2, -0.15) is 0 Å². The Labute approximate surface area is 96.0 Å². The van der Waals surface area contributed by atoms with Crippen molar-refractivity contribution in [3.05, 3.63) is 0 Å². The van der Waals surface area contributed by atoms with E-state index in [0.717, 1.165) is 30.3 Å². The van der Waals surface area contributed by atoms with Gasteiger partial charge in [0.25, 0.3) is 0 Å². The van der Waals surface area contributed by atoms with Gasteiger partial charge in [-0.3, -0.25) is 0 Å². The standard InChI is InChI=1S/C14H29N/c1-5-11(4)13-8-12(6-2)9-14(10-13)15-7-3/h11-15H,5-10H2,1-4H3.